The van der Waals surface area contributed by atoms with E-state index in [0.29, 0.717) is 53.7 Å². The van der Waals surface area contributed by atoms with Crippen LogP contribution in [0.15, 0.2) is 84.6 Å². The molecule has 4 aromatic rings. The summed E-state index contributed by atoms with van der Waals surface area (Å²) in [5, 5.41) is 51.5. The third-order valence-electron chi connectivity index (χ3n) is 15.7. The molecule has 3 heterocycles. The first-order valence-corrected chi connectivity index (χ1v) is 31.4. The molecule has 11 atom stereocenters. The minimum atomic E-state index is -1.52. The van der Waals surface area contributed by atoms with Crippen LogP contribution in [0.3, 0.4) is 0 Å². The first kappa shape index (κ1) is 74.4. The number of carboxylic acid groups (broad SMARTS) is 2. The number of phenolic OH excluding ortho intramolecular Hbond substituents is 1. The molecule has 1 aliphatic heterocycles. The maximum Gasteiger partial charge on any atom is 0.326 e. The van der Waals surface area contributed by atoms with Gasteiger partial charge in [-0.2, -0.15) is 0 Å². The average Bonchev–Trinajstić information content (AvgIpc) is 1.81. The minimum absolute atomic E-state index is 0.00558. The molecule has 8 amide bonds. The molecule has 2 aromatic heterocycles. The topological polar surface area (TPSA) is 479 Å². The van der Waals surface area contributed by atoms with Crippen LogP contribution < -0.4 is 59.7 Å². The smallest absolute Gasteiger partial charge is 0.326 e. The molecular formula is C62H90N17O13P. The van der Waals surface area contributed by atoms with Crippen LogP contribution in [0, 0.1) is 17.8 Å². The summed E-state index contributed by atoms with van der Waals surface area (Å²) in [6.07, 6.45) is 6.38. The van der Waals surface area contributed by atoms with Crippen molar-refractivity contribution in [1.29, 1.82) is 0 Å². The number of amides is 8. The number of aliphatic imine (C=N–C) groups is 1. The molecule has 0 saturated carbocycles. The van der Waals surface area contributed by atoms with Gasteiger partial charge in [0, 0.05) is 68.0 Å². The molecule has 19 N–H and O–H groups in total. The van der Waals surface area contributed by atoms with E-state index in [4.69, 9.17) is 17.2 Å². The van der Waals surface area contributed by atoms with Gasteiger partial charge in [0.15, 0.2) is 5.96 Å². The molecule has 1 fully saturated rings. The largest absolute Gasteiger partial charge is 0.508 e. The Bertz CT molecular complexity index is 3190. The predicted molar refractivity (Wildman–Crippen MR) is 347 cm³/mol. The van der Waals surface area contributed by atoms with Crippen molar-refractivity contribution in [2.45, 2.75) is 173 Å². The second-order valence-corrected chi connectivity index (χ2v) is 24.5. The number of aromatic amines is 2. The number of hydrogen-bond donors (Lipinski definition) is 16. The summed E-state index contributed by atoms with van der Waals surface area (Å²) >= 11 is 0. The molecule has 5 rings (SSSR count). The number of nitrogens with two attached hydrogens (primary N) is 3. The quantitative estimate of drug-likeness (QED) is 0.0115. The maximum atomic E-state index is 15.0. The average molecular weight is 1310 g/mol. The second kappa shape index (κ2) is 36.7. The van der Waals surface area contributed by atoms with Gasteiger partial charge in [0.1, 0.15) is 48.0 Å². The molecule has 93 heavy (non-hydrogen) atoms. The highest BCUT2D eigenvalue weighted by molar-refractivity contribution is 7.21. The van der Waals surface area contributed by atoms with Crippen LogP contribution >= 0.6 is 8.86 Å². The zero-order valence-corrected chi connectivity index (χ0v) is 54.1. The Kier molecular flexibility index (Phi) is 29.4. The summed E-state index contributed by atoms with van der Waals surface area (Å²) in [6, 6.07) is 2.22. The summed E-state index contributed by atoms with van der Waals surface area (Å²) in [6.45, 7) is 10.8. The zero-order chi connectivity index (χ0) is 68.5. The van der Waals surface area contributed by atoms with E-state index in [9.17, 15) is 58.5 Å². The molecule has 2 aromatic carbocycles. The molecule has 9 unspecified atom stereocenters. The number of aromatic nitrogens is 4. The number of phenols is 1. The number of likely N-dealkylation sites (tertiary alicyclic amines) is 1. The van der Waals surface area contributed by atoms with Crippen LogP contribution in [-0.4, -0.2) is 184 Å². The molecule has 506 valence electrons. The van der Waals surface area contributed by atoms with Gasteiger partial charge in [0.2, 0.25) is 47.3 Å². The first-order valence-electron chi connectivity index (χ1n) is 30.9. The Balaban J connectivity index is 1.40. The van der Waals surface area contributed by atoms with Crippen molar-refractivity contribution >= 4 is 79.4 Å². The highest BCUT2D eigenvalue weighted by atomic mass is 31.0. The third-order valence-corrected chi connectivity index (χ3v) is 16.3. The van der Waals surface area contributed by atoms with E-state index >= 15 is 4.79 Å². The second-order valence-electron chi connectivity index (χ2n) is 23.9. The maximum absolute atomic E-state index is 15.0. The predicted octanol–water partition coefficient (Wildman–Crippen LogP) is -0.587. The lowest BCUT2D eigenvalue weighted by atomic mass is 9.96. The number of carbonyl (C=O) groups excluding carboxylic acids is 8. The Labute approximate surface area is 541 Å². The van der Waals surface area contributed by atoms with Gasteiger partial charge in [-0.3, -0.25) is 53.0 Å². The summed E-state index contributed by atoms with van der Waals surface area (Å²) in [7, 11) is 3.84. The number of aromatic hydroxyl groups is 1. The van der Waals surface area contributed by atoms with Gasteiger partial charge in [-0.15, -0.1) is 8.86 Å². The lowest BCUT2D eigenvalue weighted by molar-refractivity contribution is -0.143. The van der Waals surface area contributed by atoms with Crippen LogP contribution in [0.4, 0.5) is 0 Å². The van der Waals surface area contributed by atoms with E-state index in [0.717, 1.165) is 0 Å². The molecule has 0 bridgehead atoms. The van der Waals surface area contributed by atoms with Crippen molar-refractivity contribution in [3.8, 4) is 5.75 Å². The number of imidazole rings is 2. The molecule has 31 heteroatoms. The van der Waals surface area contributed by atoms with Crippen LogP contribution in [0.2, 0.25) is 0 Å². The van der Waals surface area contributed by atoms with E-state index < -0.39 is 138 Å². The molecular weight excluding hydrogens is 1220 g/mol. The van der Waals surface area contributed by atoms with Crippen LogP contribution in [0.1, 0.15) is 109 Å². The SMILES string of the molecule is CC[C@H](C)C(NC(=O)C(Cc1ccc(O)cc1)NC(=O)C(NC(=O)C(CCCN=C(N)N)NC(=O)C(N)CC(=O)O)C(C)C)C(=O)NC(Cc1cnc[nH]1)C(=P)N1CCC[C@H]1C(=O)NC(Cc1ccccc1)C(=O)NC(Cc1cnc[nH]1)C(=O)NC(CC(C)C)C(=O)O. The normalized spacial score (nSPS) is 16.3. The Morgan fingerprint density at radius 3 is 1.70 bits per heavy atom. The summed E-state index contributed by atoms with van der Waals surface area (Å²) in [4.78, 5) is 158. The van der Waals surface area contributed by atoms with Gasteiger partial charge in [0.25, 0.3) is 0 Å². The number of aliphatic carboxylic acids is 2. The molecule has 0 spiro atoms. The van der Waals surface area contributed by atoms with Crippen LogP contribution in [0.25, 0.3) is 0 Å². The van der Waals surface area contributed by atoms with E-state index in [2.05, 4.69) is 76.3 Å². The van der Waals surface area contributed by atoms with E-state index in [1.807, 2.05) is 20.8 Å². The fraction of sp³-hybridized carbons (Fsp3) is 0.516. The number of nitrogens with zero attached hydrogens (tertiary/aromatic N) is 4. The third kappa shape index (κ3) is 24.0. The molecule has 0 aliphatic carbocycles. The van der Waals surface area contributed by atoms with Crippen molar-refractivity contribution < 1.29 is 63.3 Å². The van der Waals surface area contributed by atoms with Crippen molar-refractivity contribution in [2.75, 3.05) is 13.1 Å². The number of H-pyrrole nitrogens is 2. The summed E-state index contributed by atoms with van der Waals surface area (Å²) in [5.41, 5.74) is 19.3. The minimum Gasteiger partial charge on any atom is -0.508 e. The molecule has 0 radical (unpaired) electrons. The van der Waals surface area contributed by atoms with Crippen molar-refractivity contribution in [2.24, 2.45) is 39.9 Å². The van der Waals surface area contributed by atoms with Crippen LogP contribution in [0.5, 0.6) is 5.75 Å². The number of carboxylic acids is 2. The lowest BCUT2D eigenvalue weighted by Crippen LogP contribution is -2.62. The zero-order valence-electron chi connectivity index (χ0n) is 53.1. The van der Waals surface area contributed by atoms with Crippen molar-refractivity contribution in [1.82, 2.24) is 67.4 Å². The van der Waals surface area contributed by atoms with E-state index in [1.54, 1.807) is 74.3 Å². The Morgan fingerprint density at radius 2 is 1.15 bits per heavy atom. The number of benzene rings is 2. The molecule has 1 saturated heterocycles. The fourth-order valence-corrected chi connectivity index (χ4v) is 10.9. The van der Waals surface area contributed by atoms with Crippen molar-refractivity contribution in [3.63, 3.8) is 0 Å². The highest BCUT2D eigenvalue weighted by Crippen LogP contribution is 2.23. The van der Waals surface area contributed by atoms with Crippen LogP contribution in [-0.2, 0) is 73.6 Å². The monoisotopic (exact) mass is 1310 g/mol. The van der Waals surface area contributed by atoms with E-state index in [-0.39, 0.29) is 69.1 Å². The fourth-order valence-electron chi connectivity index (χ4n) is 10.4. The highest BCUT2D eigenvalue weighted by Gasteiger charge is 2.40. The lowest BCUT2D eigenvalue weighted by Gasteiger charge is -2.33. The molecule has 1 aliphatic rings. The van der Waals surface area contributed by atoms with Gasteiger partial charge in [-0.1, -0.05) is 90.4 Å². The van der Waals surface area contributed by atoms with Gasteiger partial charge >= 0.3 is 11.9 Å². The number of nitrogens with one attached hydrogen (secondary N) is 10. The van der Waals surface area contributed by atoms with Gasteiger partial charge < -0.3 is 85.0 Å². The van der Waals surface area contributed by atoms with Gasteiger partial charge in [-0.05, 0) is 73.1 Å². The van der Waals surface area contributed by atoms with Gasteiger partial charge in [-0.25, -0.2) is 14.8 Å². The summed E-state index contributed by atoms with van der Waals surface area (Å²) in [5.74, 6) is -10.3. The Hall–Kier alpha value is -9.28. The van der Waals surface area contributed by atoms with Gasteiger partial charge in [0.05, 0.1) is 37.2 Å². The standard InChI is InChI=1S/C62H90N17O13P/c1-7-35(6)51(78-56(87)44(25-37-17-19-40(80)20-18-37)74-58(89)50(34(4)5)77-53(84)42(15-11-21-68-62(64)65)71-52(83)41(63)28-49(81)82)59(90)75-46(27-39-30-67-32-70-39)60(93)79-22-12-16-48(79)57(88)73-43(24-36-13-9-8-10-14-36)54(85)72-45(26-38-29-66-31-69-38)55(86)76-47(61(91)92)23-33(2)3/h8-10,13-14,17-20,29-35,41-48,50-51,80,93H,7,11-12,15-16,21-28,63H2,1-6H3,(H,66,69)(H,67,70)(H,71,83)(H,72,85)(H,73,88)(H,74,89)(H,75,90)(H,76,86)(H,77,84)(H,78,87)(H,81,82)(H,91,92)(H4,64,65,68)/t35-,41?,42?,43?,44?,45?,46?,47?,48-,50?,51?/m0/s1. The molecule has 30 nitrogen and oxygen atoms in total. The Morgan fingerprint density at radius 1 is 0.645 bits per heavy atom. The number of guanidine groups is 1. The number of carbonyl (C=O) groups is 10. The van der Waals surface area contributed by atoms with Crippen molar-refractivity contribution in [3.05, 3.63) is 102 Å². The summed E-state index contributed by atoms with van der Waals surface area (Å²) < 4.78 is 0. The first-order chi connectivity index (χ1) is 44.1. The van der Waals surface area contributed by atoms with E-state index in [1.165, 1.54) is 31.0 Å². The number of rotatable bonds is 38. The number of hydrogen-bond acceptors (Lipinski definition) is 15.